The first-order valence-corrected chi connectivity index (χ1v) is 5.24. The summed E-state index contributed by atoms with van der Waals surface area (Å²) in [4.78, 5) is 11.1. The maximum Gasteiger partial charge on any atom is 0.335 e. The van der Waals surface area contributed by atoms with Gasteiger partial charge in [0, 0.05) is 18.8 Å². The molecule has 0 radical (unpaired) electrons. The molecule has 0 aliphatic rings. The Hall–Kier alpha value is -0.910. The van der Waals surface area contributed by atoms with Gasteiger partial charge >= 0.3 is 5.97 Å². The van der Waals surface area contributed by atoms with Crippen molar-refractivity contribution in [1.82, 2.24) is 0 Å². The number of ether oxygens (including phenoxy) is 3. The van der Waals surface area contributed by atoms with Crippen LogP contribution in [0.5, 0.6) is 0 Å². The van der Waals surface area contributed by atoms with Crippen LogP contribution in [0.15, 0.2) is 12.2 Å². The van der Waals surface area contributed by atoms with Crippen LogP contribution < -0.4 is 0 Å². The fourth-order valence-corrected chi connectivity index (χ4v) is 0.827. The van der Waals surface area contributed by atoms with Crippen molar-refractivity contribution in [3.63, 3.8) is 0 Å². The first kappa shape index (κ1) is 15.1. The lowest BCUT2D eigenvalue weighted by Crippen LogP contribution is -2.20. The van der Waals surface area contributed by atoms with Crippen LogP contribution in [-0.2, 0) is 19.0 Å². The average Bonchev–Trinajstić information content (AvgIpc) is 2.23. The lowest BCUT2D eigenvalue weighted by molar-refractivity contribution is -0.172. The third kappa shape index (κ3) is 8.40. The normalized spacial score (nSPS) is 12.2. The topological polar surface area (TPSA) is 65.0 Å². The van der Waals surface area contributed by atoms with Gasteiger partial charge in [-0.1, -0.05) is 6.58 Å². The fraction of sp³-hybridized carbons (Fsp3) is 0.727. The van der Waals surface area contributed by atoms with Crippen LogP contribution in [0.1, 0.15) is 20.3 Å². The highest BCUT2D eigenvalue weighted by Crippen LogP contribution is 1.99. The monoisotopic (exact) mass is 232 g/mol. The molecule has 0 saturated carbocycles. The molecule has 0 spiro atoms. The number of aliphatic hydroxyl groups is 1. The van der Waals surface area contributed by atoms with E-state index >= 15 is 0 Å². The molecule has 94 valence electrons. The van der Waals surface area contributed by atoms with Gasteiger partial charge in [0.1, 0.15) is 0 Å². The van der Waals surface area contributed by atoms with E-state index in [0.717, 1.165) is 0 Å². The number of hydrogen-bond donors (Lipinski definition) is 1. The molecule has 0 rings (SSSR count). The molecule has 0 fully saturated rings. The van der Waals surface area contributed by atoms with Crippen molar-refractivity contribution in [1.29, 1.82) is 0 Å². The lowest BCUT2D eigenvalue weighted by atomic mass is 10.4. The number of aliphatic hydroxyl groups excluding tert-OH is 1. The second-order valence-corrected chi connectivity index (χ2v) is 3.31. The van der Waals surface area contributed by atoms with Gasteiger partial charge in [-0.05, 0) is 20.3 Å². The fourth-order valence-electron chi connectivity index (χ4n) is 0.827. The van der Waals surface area contributed by atoms with Crippen molar-refractivity contribution in [3.8, 4) is 0 Å². The van der Waals surface area contributed by atoms with Crippen molar-refractivity contribution in [3.05, 3.63) is 12.2 Å². The highest BCUT2D eigenvalue weighted by molar-refractivity contribution is 5.86. The maximum absolute atomic E-state index is 11.1. The zero-order valence-corrected chi connectivity index (χ0v) is 9.90. The van der Waals surface area contributed by atoms with E-state index in [1.54, 1.807) is 13.8 Å². The van der Waals surface area contributed by atoms with Gasteiger partial charge in [-0.2, -0.15) is 0 Å². The number of esters is 1. The van der Waals surface area contributed by atoms with Crippen LogP contribution in [0.3, 0.4) is 0 Å². The molecule has 0 aromatic rings. The Morgan fingerprint density at radius 2 is 2.06 bits per heavy atom. The van der Waals surface area contributed by atoms with Crippen LogP contribution in [0.2, 0.25) is 0 Å². The smallest absolute Gasteiger partial charge is 0.335 e. The molecule has 0 aliphatic heterocycles. The zero-order valence-electron chi connectivity index (χ0n) is 9.90. The molecular weight excluding hydrogens is 212 g/mol. The van der Waals surface area contributed by atoms with Crippen molar-refractivity contribution >= 4 is 5.97 Å². The first-order chi connectivity index (χ1) is 7.57. The summed E-state index contributed by atoms with van der Waals surface area (Å²) in [6.45, 7) is 8.04. The van der Waals surface area contributed by atoms with Gasteiger partial charge in [-0.25, -0.2) is 4.79 Å². The number of carbonyl (C=O) groups is 1. The number of carbonyl (C=O) groups excluding carboxylic acids is 1. The summed E-state index contributed by atoms with van der Waals surface area (Å²) in [6.07, 6.45) is 0.00542. The minimum atomic E-state index is -0.606. The first-order valence-electron chi connectivity index (χ1n) is 5.24. The molecule has 0 bridgehead atoms. The third-order valence-corrected chi connectivity index (χ3v) is 1.65. The summed E-state index contributed by atoms with van der Waals surface area (Å²) in [5.41, 5.74) is 0.342. The SMILES string of the molecule is C=C(C)C(=O)OC(C)OCCOCCCO. The molecule has 0 heterocycles. The van der Waals surface area contributed by atoms with Crippen LogP contribution >= 0.6 is 0 Å². The molecule has 1 unspecified atom stereocenters. The van der Waals surface area contributed by atoms with Gasteiger partial charge in [-0.15, -0.1) is 0 Å². The predicted molar refractivity (Wildman–Crippen MR) is 58.8 cm³/mol. The van der Waals surface area contributed by atoms with Crippen molar-refractivity contribution in [2.45, 2.75) is 26.6 Å². The standard InChI is InChI=1S/C11H20O5/c1-9(2)11(13)16-10(3)15-8-7-14-6-4-5-12/h10,12H,1,4-8H2,2-3H3. The molecule has 1 N–H and O–H groups in total. The largest absolute Gasteiger partial charge is 0.433 e. The molecule has 5 nitrogen and oxygen atoms in total. The summed E-state index contributed by atoms with van der Waals surface area (Å²) >= 11 is 0. The van der Waals surface area contributed by atoms with Crippen molar-refractivity contribution < 1.29 is 24.1 Å². The Morgan fingerprint density at radius 3 is 2.62 bits per heavy atom. The Labute approximate surface area is 96.0 Å². The van der Waals surface area contributed by atoms with E-state index < -0.39 is 12.3 Å². The molecular formula is C11H20O5. The van der Waals surface area contributed by atoms with Gasteiger partial charge in [0.2, 0.25) is 6.29 Å². The molecule has 0 aliphatic carbocycles. The number of hydrogen-bond acceptors (Lipinski definition) is 5. The molecule has 0 amide bonds. The van der Waals surface area contributed by atoms with Crippen LogP contribution in [-0.4, -0.2) is 43.8 Å². The van der Waals surface area contributed by atoms with E-state index in [-0.39, 0.29) is 6.61 Å². The molecule has 16 heavy (non-hydrogen) atoms. The van der Waals surface area contributed by atoms with Gasteiger partial charge in [-0.3, -0.25) is 0 Å². The maximum atomic E-state index is 11.1. The minimum Gasteiger partial charge on any atom is -0.433 e. The predicted octanol–water partition coefficient (Wildman–Crippen LogP) is 0.867. The van der Waals surface area contributed by atoms with E-state index in [4.69, 9.17) is 19.3 Å². The van der Waals surface area contributed by atoms with Crippen LogP contribution in [0.4, 0.5) is 0 Å². The van der Waals surface area contributed by atoms with Crippen molar-refractivity contribution in [2.24, 2.45) is 0 Å². The Morgan fingerprint density at radius 1 is 1.38 bits per heavy atom. The quantitative estimate of drug-likeness (QED) is 0.276. The van der Waals surface area contributed by atoms with E-state index in [9.17, 15) is 4.79 Å². The zero-order chi connectivity index (χ0) is 12.4. The molecule has 0 aromatic carbocycles. The van der Waals surface area contributed by atoms with E-state index in [0.29, 0.717) is 31.8 Å². The summed E-state index contributed by atoms with van der Waals surface area (Å²) in [5, 5.41) is 8.49. The highest BCUT2D eigenvalue weighted by Gasteiger charge is 2.09. The van der Waals surface area contributed by atoms with Crippen LogP contribution in [0.25, 0.3) is 0 Å². The van der Waals surface area contributed by atoms with E-state index in [2.05, 4.69) is 6.58 Å². The minimum absolute atomic E-state index is 0.119. The Kier molecular flexibility index (Phi) is 8.80. The molecule has 1 atom stereocenters. The lowest BCUT2D eigenvalue weighted by Gasteiger charge is -2.13. The van der Waals surface area contributed by atoms with E-state index in [1.165, 1.54) is 0 Å². The van der Waals surface area contributed by atoms with Gasteiger partial charge in [0.25, 0.3) is 0 Å². The van der Waals surface area contributed by atoms with Gasteiger partial charge < -0.3 is 19.3 Å². The second-order valence-electron chi connectivity index (χ2n) is 3.31. The summed E-state index contributed by atoms with van der Waals surface area (Å²) in [7, 11) is 0. The summed E-state index contributed by atoms with van der Waals surface area (Å²) in [6, 6.07) is 0. The summed E-state index contributed by atoms with van der Waals surface area (Å²) in [5.74, 6) is -0.464. The number of rotatable bonds is 9. The van der Waals surface area contributed by atoms with E-state index in [1.807, 2.05) is 0 Å². The van der Waals surface area contributed by atoms with Gasteiger partial charge in [0.05, 0.1) is 13.2 Å². The second kappa shape index (κ2) is 9.33. The Balaban J connectivity index is 3.40. The Bertz CT molecular complexity index is 214. The summed E-state index contributed by atoms with van der Waals surface area (Å²) < 4.78 is 15.2. The molecule has 0 saturated heterocycles. The third-order valence-electron chi connectivity index (χ3n) is 1.65. The molecule has 0 aromatic heterocycles. The van der Waals surface area contributed by atoms with Crippen LogP contribution in [0, 0.1) is 0 Å². The van der Waals surface area contributed by atoms with Crippen molar-refractivity contribution in [2.75, 3.05) is 26.4 Å². The average molecular weight is 232 g/mol. The highest BCUT2D eigenvalue weighted by atomic mass is 16.7. The van der Waals surface area contributed by atoms with Gasteiger partial charge in [0.15, 0.2) is 0 Å². The molecule has 5 heteroatoms.